The van der Waals surface area contributed by atoms with Crippen molar-refractivity contribution in [1.29, 1.82) is 0 Å². The molecule has 0 N–H and O–H groups in total. The Hall–Kier alpha value is -2.63. The maximum absolute atomic E-state index is 15.3. The van der Waals surface area contributed by atoms with Crippen LogP contribution in [0.3, 0.4) is 0 Å². The molecule has 1 nitrogen and oxygen atoms in total. The highest BCUT2D eigenvalue weighted by Crippen LogP contribution is 2.38. The molecule has 3 aromatic carbocycles. The standard InChI is InChI=1S/C25H23F5O/c1-2-3-4-15-5-9-20-17(11-15)8-10-21(24(20)27)18-7-6-16-14-23(31-25(28,29)30)22(26)13-19(16)12-18/h5,8-11,13-14,18H,2-4,6-7,12H2,1H3. The fraction of sp³-hybridized carbons (Fsp3) is 0.360. The molecule has 0 spiro atoms. The van der Waals surface area contributed by atoms with Gasteiger partial charge in [-0.2, -0.15) is 0 Å². The molecular weight excluding hydrogens is 411 g/mol. The van der Waals surface area contributed by atoms with Crippen molar-refractivity contribution in [3.63, 3.8) is 0 Å². The van der Waals surface area contributed by atoms with Crippen molar-refractivity contribution < 1.29 is 26.7 Å². The number of unbranched alkanes of at least 4 members (excludes halogenated alkanes) is 1. The summed E-state index contributed by atoms with van der Waals surface area (Å²) in [6.07, 6.45) is -0.435. The molecular formula is C25H23F5O. The number of fused-ring (bicyclic) bond motifs is 2. The van der Waals surface area contributed by atoms with Crippen LogP contribution in [0, 0.1) is 11.6 Å². The van der Waals surface area contributed by atoms with E-state index in [-0.39, 0.29) is 11.7 Å². The Morgan fingerprint density at radius 1 is 1.00 bits per heavy atom. The van der Waals surface area contributed by atoms with Crippen LogP contribution >= 0.6 is 0 Å². The molecule has 1 aliphatic carbocycles. The lowest BCUT2D eigenvalue weighted by atomic mass is 9.79. The van der Waals surface area contributed by atoms with Crippen LogP contribution in [0.25, 0.3) is 10.8 Å². The molecule has 0 heterocycles. The summed E-state index contributed by atoms with van der Waals surface area (Å²) < 4.78 is 70.6. The fourth-order valence-corrected chi connectivity index (χ4v) is 4.43. The van der Waals surface area contributed by atoms with Crippen molar-refractivity contribution in [3.8, 4) is 5.75 Å². The minimum atomic E-state index is -4.95. The van der Waals surface area contributed by atoms with Crippen LogP contribution < -0.4 is 4.74 Å². The van der Waals surface area contributed by atoms with E-state index >= 15 is 4.39 Å². The molecule has 0 aliphatic heterocycles. The predicted octanol–water partition coefficient (Wildman–Crippen LogP) is 7.63. The molecule has 0 saturated heterocycles. The fourth-order valence-electron chi connectivity index (χ4n) is 4.43. The predicted molar refractivity (Wildman–Crippen MR) is 110 cm³/mol. The molecule has 1 aliphatic rings. The summed E-state index contributed by atoms with van der Waals surface area (Å²) >= 11 is 0. The van der Waals surface area contributed by atoms with E-state index in [2.05, 4.69) is 11.7 Å². The van der Waals surface area contributed by atoms with Gasteiger partial charge in [0, 0.05) is 5.39 Å². The van der Waals surface area contributed by atoms with E-state index in [0.29, 0.717) is 41.3 Å². The lowest BCUT2D eigenvalue weighted by Gasteiger charge is -2.26. The average molecular weight is 434 g/mol. The summed E-state index contributed by atoms with van der Waals surface area (Å²) in [7, 11) is 0. The number of hydrogen-bond donors (Lipinski definition) is 0. The van der Waals surface area contributed by atoms with E-state index < -0.39 is 17.9 Å². The van der Waals surface area contributed by atoms with Gasteiger partial charge in [-0.05, 0) is 77.8 Å². The lowest BCUT2D eigenvalue weighted by molar-refractivity contribution is -0.275. The Bertz CT molecular complexity index is 1100. The molecule has 0 fully saturated rings. The van der Waals surface area contributed by atoms with E-state index in [1.807, 2.05) is 24.3 Å². The Morgan fingerprint density at radius 3 is 2.55 bits per heavy atom. The average Bonchev–Trinajstić information content (AvgIpc) is 2.72. The normalized spacial score (nSPS) is 16.4. The van der Waals surface area contributed by atoms with E-state index in [4.69, 9.17) is 0 Å². The van der Waals surface area contributed by atoms with Gasteiger partial charge in [-0.25, -0.2) is 8.78 Å². The second-order valence-electron chi connectivity index (χ2n) is 8.17. The molecule has 0 saturated carbocycles. The maximum Gasteiger partial charge on any atom is 0.573 e. The van der Waals surface area contributed by atoms with Crippen LogP contribution in [0.1, 0.15) is 54.4 Å². The van der Waals surface area contributed by atoms with Crippen molar-refractivity contribution in [2.45, 2.75) is 57.7 Å². The monoisotopic (exact) mass is 434 g/mol. The van der Waals surface area contributed by atoms with Crippen LogP contribution in [0.4, 0.5) is 22.0 Å². The highest BCUT2D eigenvalue weighted by Gasteiger charge is 2.33. The molecule has 31 heavy (non-hydrogen) atoms. The number of aryl methyl sites for hydroxylation is 2. The van der Waals surface area contributed by atoms with Gasteiger partial charge < -0.3 is 4.74 Å². The SMILES string of the molecule is CCCCc1ccc2c(F)c(C3CCc4cc(OC(F)(F)F)c(F)cc4C3)ccc2c1. The third-order valence-corrected chi connectivity index (χ3v) is 6.02. The van der Waals surface area contributed by atoms with Gasteiger partial charge in [0.2, 0.25) is 0 Å². The van der Waals surface area contributed by atoms with Gasteiger partial charge in [0.1, 0.15) is 5.82 Å². The zero-order chi connectivity index (χ0) is 22.2. The molecule has 3 aromatic rings. The van der Waals surface area contributed by atoms with Gasteiger partial charge >= 0.3 is 6.36 Å². The minimum Gasteiger partial charge on any atom is -0.403 e. The molecule has 0 bridgehead atoms. The van der Waals surface area contributed by atoms with Gasteiger partial charge in [-0.3, -0.25) is 0 Å². The Balaban J connectivity index is 1.60. The van der Waals surface area contributed by atoms with Crippen molar-refractivity contribution in [2.24, 2.45) is 0 Å². The number of ether oxygens (including phenoxy) is 1. The molecule has 1 atom stereocenters. The number of rotatable bonds is 5. The number of hydrogen-bond acceptors (Lipinski definition) is 1. The molecule has 0 aromatic heterocycles. The number of benzene rings is 3. The first-order chi connectivity index (χ1) is 14.7. The van der Waals surface area contributed by atoms with Crippen LogP contribution in [-0.2, 0) is 19.3 Å². The molecule has 1 unspecified atom stereocenters. The van der Waals surface area contributed by atoms with Crippen LogP contribution in [0.5, 0.6) is 5.75 Å². The van der Waals surface area contributed by atoms with E-state index in [0.717, 1.165) is 36.8 Å². The molecule has 0 amide bonds. The van der Waals surface area contributed by atoms with Crippen LogP contribution in [0.15, 0.2) is 42.5 Å². The highest BCUT2D eigenvalue weighted by molar-refractivity contribution is 5.84. The summed E-state index contributed by atoms with van der Waals surface area (Å²) in [6.45, 7) is 2.13. The molecule has 164 valence electrons. The molecule has 6 heteroatoms. The molecule has 0 radical (unpaired) electrons. The van der Waals surface area contributed by atoms with Crippen LogP contribution in [-0.4, -0.2) is 6.36 Å². The van der Waals surface area contributed by atoms with Gasteiger partial charge in [-0.15, -0.1) is 13.2 Å². The van der Waals surface area contributed by atoms with Crippen molar-refractivity contribution >= 4 is 10.8 Å². The van der Waals surface area contributed by atoms with Crippen molar-refractivity contribution in [2.75, 3.05) is 0 Å². The van der Waals surface area contributed by atoms with E-state index in [1.165, 1.54) is 5.56 Å². The third-order valence-electron chi connectivity index (χ3n) is 6.02. The van der Waals surface area contributed by atoms with E-state index in [1.54, 1.807) is 6.07 Å². The quantitative estimate of drug-likeness (QED) is 0.375. The zero-order valence-corrected chi connectivity index (χ0v) is 17.2. The van der Waals surface area contributed by atoms with Gasteiger partial charge in [0.15, 0.2) is 11.6 Å². The first kappa shape index (κ1) is 21.6. The summed E-state index contributed by atoms with van der Waals surface area (Å²) in [5.74, 6) is -2.31. The Kier molecular flexibility index (Phi) is 5.91. The molecule has 4 rings (SSSR count). The highest BCUT2D eigenvalue weighted by atomic mass is 19.4. The first-order valence-electron chi connectivity index (χ1n) is 10.5. The first-order valence-corrected chi connectivity index (χ1v) is 10.5. The second-order valence-corrected chi connectivity index (χ2v) is 8.17. The van der Waals surface area contributed by atoms with Crippen LogP contribution in [0.2, 0.25) is 0 Å². The third kappa shape index (κ3) is 4.68. The van der Waals surface area contributed by atoms with Gasteiger partial charge in [0.05, 0.1) is 0 Å². The Labute approximate surface area is 177 Å². The summed E-state index contributed by atoms with van der Waals surface area (Å²) in [5.41, 5.74) is 2.95. The second kappa shape index (κ2) is 8.48. The Morgan fingerprint density at radius 2 is 1.81 bits per heavy atom. The largest absolute Gasteiger partial charge is 0.573 e. The maximum atomic E-state index is 15.3. The summed E-state index contributed by atoms with van der Waals surface area (Å²) in [6, 6.07) is 11.7. The lowest BCUT2D eigenvalue weighted by Crippen LogP contribution is -2.19. The number of alkyl halides is 3. The zero-order valence-electron chi connectivity index (χ0n) is 17.2. The van der Waals surface area contributed by atoms with Crippen molar-refractivity contribution in [3.05, 3.63) is 76.4 Å². The van der Waals surface area contributed by atoms with Gasteiger partial charge in [0.25, 0.3) is 0 Å². The van der Waals surface area contributed by atoms with E-state index in [9.17, 15) is 17.6 Å². The summed E-state index contributed by atoms with van der Waals surface area (Å²) in [4.78, 5) is 0. The van der Waals surface area contributed by atoms with Crippen molar-refractivity contribution in [1.82, 2.24) is 0 Å². The topological polar surface area (TPSA) is 9.23 Å². The number of halogens is 5. The smallest absolute Gasteiger partial charge is 0.403 e. The minimum absolute atomic E-state index is 0.162. The van der Waals surface area contributed by atoms with Gasteiger partial charge in [-0.1, -0.05) is 43.7 Å². The summed E-state index contributed by atoms with van der Waals surface area (Å²) in [5, 5.41) is 1.41.